The minimum Gasteiger partial charge on any atom is -0.480 e. The summed E-state index contributed by atoms with van der Waals surface area (Å²) in [7, 11) is -4.01. The standard InChI is InChI=1S/C24H16ClNO3S/c25-20-10-12-21(13-11-20)30(27,28)22(16-26)15-19-14-18-8-4-5-9-23(18)29-24(19)17-6-2-1-3-7-17/h1-15,24H. The van der Waals surface area contributed by atoms with Gasteiger partial charge in [0.25, 0.3) is 0 Å². The molecule has 148 valence electrons. The van der Waals surface area contributed by atoms with Gasteiger partial charge in [-0.25, -0.2) is 8.42 Å². The van der Waals surface area contributed by atoms with Gasteiger partial charge in [0.05, 0.1) is 4.90 Å². The van der Waals surface area contributed by atoms with Crippen molar-refractivity contribution in [3.8, 4) is 11.8 Å². The Hall–Kier alpha value is -3.33. The lowest BCUT2D eigenvalue weighted by atomic mass is 9.96. The predicted octanol–water partition coefficient (Wildman–Crippen LogP) is 5.74. The van der Waals surface area contributed by atoms with Crippen LogP contribution in [0.1, 0.15) is 17.2 Å². The normalized spacial score (nSPS) is 16.1. The van der Waals surface area contributed by atoms with E-state index in [1.807, 2.05) is 66.7 Å². The number of hydrogen-bond acceptors (Lipinski definition) is 4. The van der Waals surface area contributed by atoms with Crippen molar-refractivity contribution in [3.63, 3.8) is 0 Å². The predicted molar refractivity (Wildman–Crippen MR) is 117 cm³/mol. The molecule has 0 fully saturated rings. The maximum atomic E-state index is 13.0. The Kier molecular flexibility index (Phi) is 5.45. The lowest BCUT2D eigenvalue weighted by Gasteiger charge is -2.26. The summed E-state index contributed by atoms with van der Waals surface area (Å²) in [5, 5.41) is 10.1. The molecule has 3 aromatic carbocycles. The van der Waals surface area contributed by atoms with Crippen molar-refractivity contribution in [3.05, 3.63) is 112 Å². The molecule has 30 heavy (non-hydrogen) atoms. The van der Waals surface area contributed by atoms with Crippen LogP contribution >= 0.6 is 11.6 Å². The third-order valence-electron chi connectivity index (χ3n) is 4.71. The molecule has 1 aliphatic rings. The second-order valence-corrected chi connectivity index (χ2v) is 9.02. The van der Waals surface area contributed by atoms with Gasteiger partial charge in [-0.2, -0.15) is 5.26 Å². The number of nitrogens with zero attached hydrogens (tertiary/aromatic N) is 1. The quantitative estimate of drug-likeness (QED) is 0.492. The summed E-state index contributed by atoms with van der Waals surface area (Å²) < 4.78 is 32.2. The topological polar surface area (TPSA) is 67.2 Å². The number of para-hydroxylation sites is 1. The number of fused-ring (bicyclic) bond motifs is 1. The maximum absolute atomic E-state index is 13.0. The lowest BCUT2D eigenvalue weighted by molar-refractivity contribution is 0.243. The summed E-state index contributed by atoms with van der Waals surface area (Å²) in [6.45, 7) is 0. The fraction of sp³-hybridized carbons (Fsp3) is 0.0417. The van der Waals surface area contributed by atoms with Gasteiger partial charge in [0.1, 0.15) is 22.8 Å². The summed E-state index contributed by atoms with van der Waals surface area (Å²) in [5.74, 6) is 0.697. The minimum absolute atomic E-state index is 0.00805. The fourth-order valence-corrected chi connectivity index (χ4v) is 4.51. The van der Waals surface area contributed by atoms with Gasteiger partial charge in [0.15, 0.2) is 0 Å². The van der Waals surface area contributed by atoms with Crippen molar-refractivity contribution in [2.45, 2.75) is 11.0 Å². The monoisotopic (exact) mass is 433 g/mol. The zero-order chi connectivity index (χ0) is 21.1. The van der Waals surface area contributed by atoms with Crippen LogP contribution in [-0.4, -0.2) is 8.42 Å². The Labute approximate surface area is 180 Å². The number of benzene rings is 3. The number of ether oxygens (including phenoxy) is 1. The first kappa shape index (κ1) is 20.0. The van der Waals surface area contributed by atoms with Gasteiger partial charge >= 0.3 is 0 Å². The summed E-state index contributed by atoms with van der Waals surface area (Å²) in [4.78, 5) is -0.353. The van der Waals surface area contributed by atoms with Crippen LogP contribution in [0.2, 0.25) is 5.02 Å². The zero-order valence-corrected chi connectivity index (χ0v) is 17.3. The van der Waals surface area contributed by atoms with Crippen molar-refractivity contribution >= 4 is 27.5 Å². The van der Waals surface area contributed by atoms with E-state index in [9.17, 15) is 13.7 Å². The first-order chi connectivity index (χ1) is 14.5. The Morgan fingerprint density at radius 3 is 2.33 bits per heavy atom. The van der Waals surface area contributed by atoms with E-state index in [0.29, 0.717) is 16.3 Å². The summed E-state index contributed by atoms with van der Waals surface area (Å²) in [6.07, 6.45) is 2.70. The molecule has 1 aliphatic heterocycles. The van der Waals surface area contributed by atoms with Crippen LogP contribution in [0.5, 0.6) is 5.75 Å². The van der Waals surface area contributed by atoms with Gasteiger partial charge < -0.3 is 4.74 Å². The molecule has 0 N–H and O–H groups in total. The van der Waals surface area contributed by atoms with Crippen molar-refractivity contribution < 1.29 is 13.2 Å². The van der Waals surface area contributed by atoms with Crippen molar-refractivity contribution in [2.24, 2.45) is 0 Å². The molecular weight excluding hydrogens is 418 g/mol. The Morgan fingerprint density at radius 1 is 0.967 bits per heavy atom. The van der Waals surface area contributed by atoms with Gasteiger partial charge in [-0.05, 0) is 53.6 Å². The van der Waals surface area contributed by atoms with Crippen LogP contribution in [0, 0.1) is 11.3 Å². The van der Waals surface area contributed by atoms with Gasteiger partial charge in [0.2, 0.25) is 9.84 Å². The highest BCUT2D eigenvalue weighted by Gasteiger charge is 2.27. The molecular formula is C24H16ClNO3S. The number of halogens is 1. The van der Waals surface area contributed by atoms with Crippen LogP contribution in [0.4, 0.5) is 0 Å². The number of rotatable bonds is 4. The fourth-order valence-electron chi connectivity index (χ4n) is 3.23. The van der Waals surface area contributed by atoms with E-state index in [-0.39, 0.29) is 9.80 Å². The molecule has 0 saturated carbocycles. The molecule has 0 spiro atoms. The summed E-state index contributed by atoms with van der Waals surface area (Å²) in [5.41, 5.74) is 2.25. The first-order valence-corrected chi connectivity index (χ1v) is 11.0. The van der Waals surface area contributed by atoms with Gasteiger partial charge in [-0.15, -0.1) is 0 Å². The molecule has 4 rings (SSSR count). The zero-order valence-electron chi connectivity index (χ0n) is 15.7. The van der Waals surface area contributed by atoms with Crippen LogP contribution in [0.3, 0.4) is 0 Å². The smallest absolute Gasteiger partial charge is 0.216 e. The van der Waals surface area contributed by atoms with Crippen LogP contribution in [0.15, 0.2) is 100 Å². The van der Waals surface area contributed by atoms with E-state index in [1.54, 1.807) is 0 Å². The second-order valence-electron chi connectivity index (χ2n) is 6.67. The van der Waals surface area contributed by atoms with E-state index in [2.05, 4.69) is 0 Å². The van der Waals surface area contributed by atoms with Crippen LogP contribution in [-0.2, 0) is 9.84 Å². The van der Waals surface area contributed by atoms with E-state index in [0.717, 1.165) is 11.1 Å². The molecule has 0 amide bonds. The molecule has 0 aromatic heterocycles. The van der Waals surface area contributed by atoms with Crippen molar-refractivity contribution in [1.82, 2.24) is 0 Å². The largest absolute Gasteiger partial charge is 0.480 e. The average Bonchev–Trinajstić information content (AvgIpc) is 2.77. The second kappa shape index (κ2) is 8.19. The number of nitriles is 1. The van der Waals surface area contributed by atoms with Crippen molar-refractivity contribution in [2.75, 3.05) is 0 Å². The third-order valence-corrected chi connectivity index (χ3v) is 6.65. The first-order valence-electron chi connectivity index (χ1n) is 9.14. The third kappa shape index (κ3) is 3.88. The molecule has 1 unspecified atom stereocenters. The Balaban J connectivity index is 1.84. The molecule has 0 radical (unpaired) electrons. The number of allylic oxidation sites excluding steroid dienone is 1. The van der Waals surface area contributed by atoms with Gasteiger partial charge in [-0.1, -0.05) is 60.1 Å². The lowest BCUT2D eigenvalue weighted by Crippen LogP contribution is -2.15. The maximum Gasteiger partial charge on any atom is 0.216 e. The van der Waals surface area contributed by atoms with E-state index in [4.69, 9.17) is 16.3 Å². The van der Waals surface area contributed by atoms with Crippen molar-refractivity contribution in [1.29, 1.82) is 5.26 Å². The molecule has 1 heterocycles. The minimum atomic E-state index is -4.01. The number of sulfone groups is 1. The highest BCUT2D eigenvalue weighted by molar-refractivity contribution is 7.95. The molecule has 4 nitrogen and oxygen atoms in total. The Morgan fingerprint density at radius 2 is 1.63 bits per heavy atom. The molecule has 3 aromatic rings. The van der Waals surface area contributed by atoms with Gasteiger partial charge in [-0.3, -0.25) is 0 Å². The van der Waals surface area contributed by atoms with Crippen LogP contribution < -0.4 is 4.74 Å². The average molecular weight is 434 g/mol. The summed E-state index contributed by atoms with van der Waals surface area (Å²) >= 11 is 5.87. The van der Waals surface area contributed by atoms with Crippen LogP contribution in [0.25, 0.3) is 6.08 Å². The molecule has 0 saturated heterocycles. The molecule has 6 heteroatoms. The summed E-state index contributed by atoms with van der Waals surface area (Å²) in [6, 6.07) is 24.5. The Bertz CT molecular complexity index is 1290. The molecule has 0 aliphatic carbocycles. The molecule has 1 atom stereocenters. The van der Waals surface area contributed by atoms with Gasteiger partial charge in [0, 0.05) is 10.6 Å². The molecule has 0 bridgehead atoms. The highest BCUT2D eigenvalue weighted by Crippen LogP contribution is 2.38. The van der Waals surface area contributed by atoms with E-state index < -0.39 is 15.9 Å². The highest BCUT2D eigenvalue weighted by atomic mass is 35.5. The van der Waals surface area contributed by atoms with E-state index >= 15 is 0 Å². The SMILES string of the molecule is N#CC(=CC1=Cc2ccccc2OC1c1ccccc1)S(=O)(=O)c1ccc(Cl)cc1. The van der Waals surface area contributed by atoms with E-state index in [1.165, 1.54) is 30.3 Å². The number of hydrogen-bond donors (Lipinski definition) is 0.